The van der Waals surface area contributed by atoms with E-state index in [1.807, 2.05) is 44.2 Å². The average Bonchev–Trinajstić information content (AvgIpc) is 2.49. The summed E-state index contributed by atoms with van der Waals surface area (Å²) in [5, 5.41) is 11.6. The number of nitrogens with one attached hydrogen (secondary N) is 1. The fourth-order valence-electron chi connectivity index (χ4n) is 1.92. The molecular formula is C15H22ClNO2. The third kappa shape index (κ3) is 4.22. The lowest BCUT2D eigenvalue weighted by Crippen LogP contribution is -2.40. The van der Waals surface area contributed by atoms with E-state index >= 15 is 0 Å². The summed E-state index contributed by atoms with van der Waals surface area (Å²) in [6, 6.07) is 9.25. The molecule has 2 N–H and O–H groups in total. The zero-order valence-corrected chi connectivity index (χ0v) is 12.3. The molecule has 0 heterocycles. The highest BCUT2D eigenvalue weighted by Gasteiger charge is 2.27. The number of rotatable bonds is 7. The van der Waals surface area contributed by atoms with Crippen LogP contribution in [-0.2, 0) is 4.79 Å². The zero-order chi connectivity index (χ0) is 14.3. The number of benzene rings is 1. The number of hydrogen-bond donors (Lipinski definition) is 2. The van der Waals surface area contributed by atoms with Gasteiger partial charge in [-0.2, -0.15) is 0 Å². The van der Waals surface area contributed by atoms with Gasteiger partial charge in [-0.25, -0.2) is 0 Å². The molecule has 1 amide bonds. The van der Waals surface area contributed by atoms with Gasteiger partial charge in [0.05, 0.1) is 6.61 Å². The first-order valence-corrected chi connectivity index (χ1v) is 7.10. The van der Waals surface area contributed by atoms with Gasteiger partial charge < -0.3 is 10.4 Å². The number of carbonyl (C=O) groups is 1. The maximum absolute atomic E-state index is 12.0. The van der Waals surface area contributed by atoms with E-state index in [9.17, 15) is 9.90 Å². The Morgan fingerprint density at radius 3 is 2.37 bits per heavy atom. The zero-order valence-electron chi connectivity index (χ0n) is 11.5. The van der Waals surface area contributed by atoms with Crippen LogP contribution in [0.15, 0.2) is 30.3 Å². The third-order valence-corrected chi connectivity index (χ3v) is 4.25. The second-order valence-electron chi connectivity index (χ2n) is 4.86. The first-order chi connectivity index (χ1) is 9.08. The molecule has 1 aromatic rings. The van der Waals surface area contributed by atoms with Crippen molar-refractivity contribution >= 4 is 17.5 Å². The van der Waals surface area contributed by atoms with Crippen molar-refractivity contribution < 1.29 is 9.90 Å². The maximum atomic E-state index is 12.0. The van der Waals surface area contributed by atoms with Crippen LogP contribution in [0.1, 0.15) is 37.6 Å². The molecule has 4 heteroatoms. The number of halogens is 1. The standard InChI is InChI=1S/C15H22ClNO2/c1-3-15(4-2,11-18)10-17-14(19)13(16)12-8-6-5-7-9-12/h5-9,13,18H,3-4,10-11H2,1-2H3,(H,17,19). The summed E-state index contributed by atoms with van der Waals surface area (Å²) < 4.78 is 0. The van der Waals surface area contributed by atoms with E-state index < -0.39 is 5.38 Å². The Hall–Kier alpha value is -1.06. The van der Waals surface area contributed by atoms with Gasteiger partial charge in [-0.05, 0) is 18.4 Å². The largest absolute Gasteiger partial charge is 0.396 e. The van der Waals surface area contributed by atoms with Crippen molar-refractivity contribution in [3.8, 4) is 0 Å². The van der Waals surface area contributed by atoms with E-state index in [1.165, 1.54) is 0 Å². The summed E-state index contributed by atoms with van der Waals surface area (Å²) in [5.41, 5.74) is 0.535. The van der Waals surface area contributed by atoms with E-state index in [0.29, 0.717) is 6.54 Å². The molecule has 0 aliphatic heterocycles. The molecule has 0 saturated carbocycles. The average molecular weight is 284 g/mol. The van der Waals surface area contributed by atoms with Crippen LogP contribution < -0.4 is 5.32 Å². The second kappa shape index (κ2) is 7.51. The smallest absolute Gasteiger partial charge is 0.242 e. The van der Waals surface area contributed by atoms with Crippen LogP contribution in [0.5, 0.6) is 0 Å². The van der Waals surface area contributed by atoms with Crippen LogP contribution in [0.3, 0.4) is 0 Å². The topological polar surface area (TPSA) is 49.3 Å². The lowest BCUT2D eigenvalue weighted by atomic mass is 9.83. The van der Waals surface area contributed by atoms with Crippen molar-refractivity contribution in [3.63, 3.8) is 0 Å². The molecule has 0 fully saturated rings. The Morgan fingerprint density at radius 1 is 1.32 bits per heavy atom. The van der Waals surface area contributed by atoms with Gasteiger partial charge in [0, 0.05) is 12.0 Å². The van der Waals surface area contributed by atoms with E-state index in [-0.39, 0.29) is 17.9 Å². The van der Waals surface area contributed by atoms with Crippen LogP contribution in [0.25, 0.3) is 0 Å². The van der Waals surface area contributed by atoms with Crippen molar-refractivity contribution in [1.29, 1.82) is 0 Å². The molecule has 1 unspecified atom stereocenters. The molecule has 0 aliphatic carbocycles. The lowest BCUT2D eigenvalue weighted by molar-refractivity contribution is -0.121. The number of aliphatic hydroxyl groups is 1. The molecule has 3 nitrogen and oxygen atoms in total. The van der Waals surface area contributed by atoms with Gasteiger partial charge in [0.25, 0.3) is 0 Å². The Labute approximate surface area is 120 Å². The molecule has 1 aromatic carbocycles. The lowest BCUT2D eigenvalue weighted by Gasteiger charge is -2.29. The van der Waals surface area contributed by atoms with Crippen molar-refractivity contribution in [2.75, 3.05) is 13.2 Å². The molecule has 106 valence electrons. The fraction of sp³-hybridized carbons (Fsp3) is 0.533. The van der Waals surface area contributed by atoms with E-state index in [0.717, 1.165) is 18.4 Å². The predicted molar refractivity (Wildman–Crippen MR) is 78.1 cm³/mol. The summed E-state index contributed by atoms with van der Waals surface area (Å²) in [6.45, 7) is 4.55. The molecule has 1 atom stereocenters. The molecule has 19 heavy (non-hydrogen) atoms. The van der Waals surface area contributed by atoms with Crippen molar-refractivity contribution in [2.24, 2.45) is 5.41 Å². The minimum Gasteiger partial charge on any atom is -0.396 e. The third-order valence-electron chi connectivity index (χ3n) is 3.80. The van der Waals surface area contributed by atoms with Gasteiger partial charge >= 0.3 is 0 Å². The number of hydrogen-bond acceptors (Lipinski definition) is 2. The first kappa shape index (κ1) is 16.0. The van der Waals surface area contributed by atoms with E-state index in [4.69, 9.17) is 11.6 Å². The molecular weight excluding hydrogens is 262 g/mol. The quantitative estimate of drug-likeness (QED) is 0.756. The normalized spacial score (nSPS) is 13.1. The number of alkyl halides is 1. The molecule has 0 bridgehead atoms. The van der Waals surface area contributed by atoms with Crippen LogP contribution in [0.2, 0.25) is 0 Å². The number of amides is 1. The fourth-order valence-corrected chi connectivity index (χ4v) is 2.14. The highest BCUT2D eigenvalue weighted by atomic mass is 35.5. The van der Waals surface area contributed by atoms with E-state index in [1.54, 1.807) is 0 Å². The highest BCUT2D eigenvalue weighted by Crippen LogP contribution is 2.25. The van der Waals surface area contributed by atoms with Crippen LogP contribution in [-0.4, -0.2) is 24.2 Å². The summed E-state index contributed by atoms with van der Waals surface area (Å²) in [5.74, 6) is -0.215. The Kier molecular flexibility index (Phi) is 6.32. The van der Waals surface area contributed by atoms with Crippen LogP contribution >= 0.6 is 11.6 Å². The first-order valence-electron chi connectivity index (χ1n) is 6.66. The second-order valence-corrected chi connectivity index (χ2v) is 5.29. The maximum Gasteiger partial charge on any atom is 0.242 e. The van der Waals surface area contributed by atoms with E-state index in [2.05, 4.69) is 5.32 Å². The highest BCUT2D eigenvalue weighted by molar-refractivity contribution is 6.30. The Bertz CT molecular complexity index is 382. The molecule has 0 aromatic heterocycles. The van der Waals surface area contributed by atoms with Gasteiger partial charge in [-0.1, -0.05) is 44.2 Å². The van der Waals surface area contributed by atoms with Gasteiger partial charge in [-0.3, -0.25) is 4.79 Å². The molecule has 0 saturated heterocycles. The number of aliphatic hydroxyl groups excluding tert-OH is 1. The van der Waals surface area contributed by atoms with Gasteiger partial charge in [0.15, 0.2) is 0 Å². The minimum atomic E-state index is -0.689. The molecule has 0 aliphatic rings. The molecule has 1 rings (SSSR count). The Morgan fingerprint density at radius 2 is 1.89 bits per heavy atom. The van der Waals surface area contributed by atoms with Gasteiger partial charge in [-0.15, -0.1) is 11.6 Å². The summed E-state index contributed by atoms with van der Waals surface area (Å²) in [4.78, 5) is 12.0. The Balaban J connectivity index is 2.60. The van der Waals surface area contributed by atoms with Crippen LogP contribution in [0, 0.1) is 5.41 Å². The molecule has 0 radical (unpaired) electrons. The van der Waals surface area contributed by atoms with Crippen molar-refractivity contribution in [1.82, 2.24) is 5.32 Å². The number of carbonyl (C=O) groups excluding carboxylic acids is 1. The van der Waals surface area contributed by atoms with Crippen LogP contribution in [0.4, 0.5) is 0 Å². The molecule has 0 spiro atoms. The predicted octanol–water partition coefficient (Wildman–Crippen LogP) is 2.88. The minimum absolute atomic E-state index is 0.0680. The van der Waals surface area contributed by atoms with Gasteiger partial charge in [0.1, 0.15) is 5.38 Å². The summed E-state index contributed by atoms with van der Waals surface area (Å²) >= 11 is 6.14. The van der Waals surface area contributed by atoms with Gasteiger partial charge in [0.2, 0.25) is 5.91 Å². The SMILES string of the molecule is CCC(CC)(CO)CNC(=O)C(Cl)c1ccccc1. The van der Waals surface area contributed by atoms with Crippen molar-refractivity contribution in [2.45, 2.75) is 32.1 Å². The monoisotopic (exact) mass is 283 g/mol. The van der Waals surface area contributed by atoms with Crippen molar-refractivity contribution in [3.05, 3.63) is 35.9 Å². The summed E-state index contributed by atoms with van der Waals surface area (Å²) in [6.07, 6.45) is 1.64. The summed E-state index contributed by atoms with van der Waals surface area (Å²) in [7, 11) is 0.